The van der Waals surface area contributed by atoms with E-state index in [-0.39, 0.29) is 5.78 Å². The molecule has 1 aliphatic rings. The fraction of sp³-hybridized carbons (Fsp3) is 0.167. The summed E-state index contributed by atoms with van der Waals surface area (Å²) >= 11 is 0. The van der Waals surface area contributed by atoms with E-state index in [1.165, 1.54) is 0 Å². The van der Waals surface area contributed by atoms with E-state index in [1.54, 1.807) is 24.3 Å². The van der Waals surface area contributed by atoms with Crippen LogP contribution in [0.1, 0.15) is 35.3 Å². The molecule has 4 heteroatoms. The van der Waals surface area contributed by atoms with Crippen LogP contribution in [-0.4, -0.2) is 17.9 Å². The zero-order chi connectivity index (χ0) is 15.7. The van der Waals surface area contributed by atoms with E-state index in [0.717, 1.165) is 16.6 Å². The Morgan fingerprint density at radius 3 is 2.64 bits per heavy atom. The van der Waals surface area contributed by atoms with Gasteiger partial charge in [-0.05, 0) is 36.5 Å². The fourth-order valence-electron chi connectivity index (χ4n) is 2.71. The van der Waals surface area contributed by atoms with Crippen molar-refractivity contribution in [2.75, 3.05) is 0 Å². The van der Waals surface area contributed by atoms with Gasteiger partial charge in [0, 0.05) is 5.56 Å². The number of carbonyl (C=O) groups excluding carboxylic acids is 1. The Hall–Kier alpha value is -2.17. The summed E-state index contributed by atoms with van der Waals surface area (Å²) in [5.74, 6) is -0.0433. The van der Waals surface area contributed by atoms with Crippen molar-refractivity contribution in [2.24, 2.45) is 0 Å². The van der Waals surface area contributed by atoms with E-state index in [9.17, 15) is 9.82 Å². The lowest BCUT2D eigenvalue weighted by molar-refractivity contribution is 0.101. The average Bonchev–Trinajstić information content (AvgIpc) is 2.75. The van der Waals surface area contributed by atoms with Crippen molar-refractivity contribution in [3.05, 3.63) is 71.3 Å². The molecule has 0 spiro atoms. The van der Waals surface area contributed by atoms with Gasteiger partial charge in [-0.2, -0.15) is 0 Å². The van der Waals surface area contributed by atoms with Gasteiger partial charge in [0.15, 0.2) is 5.78 Å². The summed E-state index contributed by atoms with van der Waals surface area (Å²) in [5, 5.41) is 9.98. The zero-order valence-corrected chi connectivity index (χ0v) is 12.6. The molecule has 22 heavy (non-hydrogen) atoms. The molecule has 1 heterocycles. The van der Waals surface area contributed by atoms with E-state index >= 15 is 0 Å². The number of carbonyl (C=O) groups is 1. The van der Waals surface area contributed by atoms with Crippen LogP contribution >= 0.6 is 0 Å². The van der Waals surface area contributed by atoms with Crippen molar-refractivity contribution in [1.82, 2.24) is 0 Å². The molecule has 0 saturated heterocycles. The van der Waals surface area contributed by atoms with Gasteiger partial charge < -0.3 is 9.68 Å². The molecule has 1 N–H and O–H groups in total. The Kier molecular flexibility index (Phi) is 3.73. The molecular formula is C18H17BO3. The van der Waals surface area contributed by atoms with Crippen molar-refractivity contribution in [3.8, 4) is 0 Å². The molecule has 110 valence electrons. The first kappa shape index (κ1) is 14.8. The van der Waals surface area contributed by atoms with Crippen LogP contribution in [0.4, 0.5) is 0 Å². The zero-order valence-electron chi connectivity index (χ0n) is 12.6. The molecule has 3 rings (SSSR count). The summed E-state index contributed by atoms with van der Waals surface area (Å²) < 4.78 is 5.53. The van der Waals surface area contributed by atoms with Crippen molar-refractivity contribution in [2.45, 2.75) is 19.4 Å². The van der Waals surface area contributed by atoms with Gasteiger partial charge in [0.25, 0.3) is 0 Å². The molecule has 0 atom stereocenters. The molecule has 3 nitrogen and oxygen atoms in total. The highest BCUT2D eigenvalue weighted by molar-refractivity contribution is 6.62. The third kappa shape index (κ3) is 2.75. The molecule has 0 saturated carbocycles. The predicted molar refractivity (Wildman–Crippen MR) is 88.0 cm³/mol. The molecule has 0 aromatic heterocycles. The SMILES string of the molecule is CC1(C)OB(O)c2cc(/C=C/C(=O)c3ccccc3)ccc21. The summed E-state index contributed by atoms with van der Waals surface area (Å²) in [6.07, 6.45) is 3.30. The summed E-state index contributed by atoms with van der Waals surface area (Å²) in [6, 6.07) is 14.9. The summed E-state index contributed by atoms with van der Waals surface area (Å²) in [7, 11) is -0.914. The maximum atomic E-state index is 12.1. The third-order valence-corrected chi connectivity index (χ3v) is 3.88. The number of benzene rings is 2. The Balaban J connectivity index is 1.84. The van der Waals surface area contributed by atoms with Gasteiger partial charge in [-0.1, -0.05) is 54.6 Å². The molecule has 0 amide bonds. The monoisotopic (exact) mass is 292 g/mol. The number of allylic oxidation sites excluding steroid dienone is 1. The van der Waals surface area contributed by atoms with Crippen molar-refractivity contribution in [3.63, 3.8) is 0 Å². The van der Waals surface area contributed by atoms with Crippen LogP contribution in [0, 0.1) is 0 Å². The van der Waals surface area contributed by atoms with E-state index < -0.39 is 12.7 Å². The first-order valence-corrected chi connectivity index (χ1v) is 7.25. The van der Waals surface area contributed by atoms with Crippen molar-refractivity contribution in [1.29, 1.82) is 0 Å². The lowest BCUT2D eigenvalue weighted by atomic mass is 9.77. The van der Waals surface area contributed by atoms with Crippen molar-refractivity contribution < 1.29 is 14.5 Å². The normalized spacial score (nSPS) is 16.0. The third-order valence-electron chi connectivity index (χ3n) is 3.88. The minimum absolute atomic E-state index is 0.0433. The highest BCUT2D eigenvalue weighted by Crippen LogP contribution is 2.30. The number of hydrogen-bond donors (Lipinski definition) is 1. The average molecular weight is 292 g/mol. The molecule has 0 aliphatic carbocycles. The van der Waals surface area contributed by atoms with Gasteiger partial charge >= 0.3 is 7.12 Å². The summed E-state index contributed by atoms with van der Waals surface area (Å²) in [5.41, 5.74) is 2.77. The standard InChI is InChI=1S/C18H17BO3/c1-18(2)15-10-8-13(12-16(15)19(21)22-18)9-11-17(20)14-6-4-3-5-7-14/h3-12,21H,1-2H3/b11-9+. The minimum atomic E-state index is -0.914. The summed E-state index contributed by atoms with van der Waals surface area (Å²) in [4.78, 5) is 12.1. The molecule has 2 aromatic carbocycles. The number of rotatable bonds is 3. The van der Waals surface area contributed by atoms with Gasteiger partial charge in [0.1, 0.15) is 0 Å². The highest BCUT2D eigenvalue weighted by Gasteiger charge is 2.40. The molecule has 1 aliphatic heterocycles. The Labute approximate surface area is 130 Å². The van der Waals surface area contributed by atoms with Gasteiger partial charge in [0.2, 0.25) is 0 Å². The molecular weight excluding hydrogens is 275 g/mol. The van der Waals surface area contributed by atoms with Crippen molar-refractivity contribution >= 4 is 24.4 Å². The first-order chi connectivity index (χ1) is 10.5. The Bertz CT molecular complexity index is 735. The van der Waals surface area contributed by atoms with Crippen LogP contribution in [0.15, 0.2) is 54.6 Å². The van der Waals surface area contributed by atoms with Gasteiger partial charge in [-0.25, -0.2) is 0 Å². The first-order valence-electron chi connectivity index (χ1n) is 7.25. The van der Waals surface area contributed by atoms with E-state index in [2.05, 4.69) is 0 Å². The topological polar surface area (TPSA) is 46.5 Å². The molecule has 0 radical (unpaired) electrons. The quantitative estimate of drug-likeness (QED) is 0.537. The van der Waals surface area contributed by atoms with E-state index in [4.69, 9.17) is 4.65 Å². The second-order valence-electron chi connectivity index (χ2n) is 5.89. The predicted octanol–water partition coefficient (Wildman–Crippen LogP) is 2.54. The lowest BCUT2D eigenvalue weighted by Crippen LogP contribution is -2.28. The maximum absolute atomic E-state index is 12.1. The van der Waals surface area contributed by atoms with Gasteiger partial charge in [-0.3, -0.25) is 4.79 Å². The Morgan fingerprint density at radius 2 is 1.91 bits per heavy atom. The maximum Gasteiger partial charge on any atom is 0.492 e. The van der Waals surface area contributed by atoms with E-state index in [1.807, 2.05) is 50.2 Å². The van der Waals surface area contributed by atoms with Crippen LogP contribution in [-0.2, 0) is 10.3 Å². The number of ketones is 1. The fourth-order valence-corrected chi connectivity index (χ4v) is 2.71. The number of fused-ring (bicyclic) bond motifs is 1. The highest BCUT2D eigenvalue weighted by atomic mass is 16.5. The van der Waals surface area contributed by atoms with Crippen LogP contribution < -0.4 is 5.46 Å². The van der Waals surface area contributed by atoms with Crippen LogP contribution in [0.3, 0.4) is 0 Å². The molecule has 0 fully saturated rings. The second-order valence-corrected chi connectivity index (χ2v) is 5.89. The molecule has 0 bridgehead atoms. The Morgan fingerprint density at radius 1 is 1.18 bits per heavy atom. The smallest absolute Gasteiger partial charge is 0.423 e. The molecule has 0 unspecified atom stereocenters. The number of hydrogen-bond acceptors (Lipinski definition) is 3. The lowest BCUT2D eigenvalue weighted by Gasteiger charge is -2.19. The van der Waals surface area contributed by atoms with E-state index in [0.29, 0.717) is 5.56 Å². The minimum Gasteiger partial charge on any atom is -0.423 e. The second kappa shape index (κ2) is 5.56. The van der Waals surface area contributed by atoms with Gasteiger partial charge in [-0.15, -0.1) is 0 Å². The van der Waals surface area contributed by atoms with Crippen LogP contribution in [0.5, 0.6) is 0 Å². The molecule has 2 aromatic rings. The van der Waals surface area contributed by atoms with Gasteiger partial charge in [0.05, 0.1) is 5.60 Å². The van der Waals surface area contributed by atoms with Crippen LogP contribution in [0.25, 0.3) is 6.08 Å². The van der Waals surface area contributed by atoms with Crippen LogP contribution in [0.2, 0.25) is 0 Å². The summed E-state index contributed by atoms with van der Waals surface area (Å²) in [6.45, 7) is 3.85. The largest absolute Gasteiger partial charge is 0.492 e.